The number of benzene rings is 2. The van der Waals surface area contributed by atoms with Crippen molar-refractivity contribution < 1.29 is 19.0 Å². The summed E-state index contributed by atoms with van der Waals surface area (Å²) in [7, 11) is 1.67. The van der Waals surface area contributed by atoms with Gasteiger partial charge in [0.15, 0.2) is 0 Å². The number of hydrogen-bond acceptors (Lipinski definition) is 4. The molecular formula is C30H32ClFN2O3. The summed E-state index contributed by atoms with van der Waals surface area (Å²) in [6, 6.07) is 12.3. The number of rotatable bonds is 9. The number of ether oxygens (including phenoxy) is 1. The lowest BCUT2D eigenvalue weighted by Crippen LogP contribution is -2.41. The van der Waals surface area contributed by atoms with E-state index in [0.29, 0.717) is 35.4 Å². The van der Waals surface area contributed by atoms with E-state index in [-0.39, 0.29) is 12.2 Å². The van der Waals surface area contributed by atoms with Crippen LogP contribution in [0.4, 0.5) is 4.39 Å². The number of fused-ring (bicyclic) bond motifs is 1. The van der Waals surface area contributed by atoms with Crippen molar-refractivity contribution in [2.75, 3.05) is 26.7 Å². The maximum absolute atomic E-state index is 13.3. The topological polar surface area (TPSA) is 62.7 Å². The first kappa shape index (κ1) is 26.9. The van der Waals surface area contributed by atoms with E-state index in [1.807, 2.05) is 24.4 Å². The molecule has 0 radical (unpaired) electrons. The Labute approximate surface area is 222 Å². The zero-order valence-electron chi connectivity index (χ0n) is 21.1. The monoisotopic (exact) mass is 522 g/mol. The number of aryl methyl sites for hydroxylation is 1. The van der Waals surface area contributed by atoms with E-state index >= 15 is 0 Å². The van der Waals surface area contributed by atoms with Crippen LogP contribution in [0.5, 0.6) is 5.75 Å². The Morgan fingerprint density at radius 1 is 1.22 bits per heavy atom. The molecule has 0 saturated carbocycles. The number of likely N-dealkylation sites (tertiary alicyclic amines) is 1. The van der Waals surface area contributed by atoms with Gasteiger partial charge in [-0.05, 0) is 98.5 Å². The van der Waals surface area contributed by atoms with Gasteiger partial charge in [-0.15, -0.1) is 0 Å². The minimum absolute atomic E-state index is 0.181. The number of nitrogens with zero attached hydrogens (tertiary/aromatic N) is 2. The van der Waals surface area contributed by atoms with E-state index in [2.05, 4.69) is 27.8 Å². The third-order valence-electron chi connectivity index (χ3n) is 7.22. The lowest BCUT2D eigenvalue weighted by molar-refractivity contribution is -0.137. The second-order valence-electron chi connectivity index (χ2n) is 9.65. The van der Waals surface area contributed by atoms with Crippen molar-refractivity contribution in [3.63, 3.8) is 0 Å². The quantitative estimate of drug-likeness (QED) is 0.338. The van der Waals surface area contributed by atoms with Gasteiger partial charge in [0.05, 0.1) is 24.2 Å². The highest BCUT2D eigenvalue weighted by molar-refractivity contribution is 6.31. The average Bonchev–Trinajstić information content (AvgIpc) is 2.89. The molecule has 1 N–H and O–H groups in total. The number of pyridine rings is 1. The second kappa shape index (κ2) is 12.9. The molecule has 5 nitrogen and oxygen atoms in total. The molecule has 0 spiro atoms. The number of halogens is 2. The molecule has 1 aliphatic rings. The Kier molecular flexibility index (Phi) is 9.38. The standard InChI is InChI=1S/C30H32ClFN2O3/c1-37-26-10-11-29-27(19-26)22(13-15-33-29)5-2-4-21-14-17-34(20-24(21)8-12-30(35)36)16-3-6-23-7-9-25(32)18-28(23)31/h7,9-11,13,15,18-19,21,24H,2,4-5,8,12,14,16-17,20H2,1H3,(H,35,36). The molecule has 1 aliphatic heterocycles. The third kappa shape index (κ3) is 7.44. The highest BCUT2D eigenvalue weighted by Gasteiger charge is 2.29. The van der Waals surface area contributed by atoms with E-state index in [9.17, 15) is 14.3 Å². The van der Waals surface area contributed by atoms with Gasteiger partial charge in [0.25, 0.3) is 0 Å². The van der Waals surface area contributed by atoms with Crippen molar-refractivity contribution in [1.29, 1.82) is 0 Å². The van der Waals surface area contributed by atoms with Crippen LogP contribution >= 0.6 is 11.6 Å². The van der Waals surface area contributed by atoms with E-state index in [1.165, 1.54) is 17.7 Å². The van der Waals surface area contributed by atoms with E-state index in [0.717, 1.165) is 55.4 Å². The lowest BCUT2D eigenvalue weighted by atomic mass is 9.79. The van der Waals surface area contributed by atoms with E-state index in [4.69, 9.17) is 16.3 Å². The first-order chi connectivity index (χ1) is 17.9. The summed E-state index contributed by atoms with van der Waals surface area (Å²) < 4.78 is 18.7. The number of carbonyl (C=O) groups is 1. The molecule has 4 rings (SSSR count). The van der Waals surface area contributed by atoms with Gasteiger partial charge in [-0.1, -0.05) is 23.4 Å². The van der Waals surface area contributed by atoms with E-state index in [1.54, 1.807) is 13.2 Å². The van der Waals surface area contributed by atoms with Gasteiger partial charge in [0, 0.05) is 30.1 Å². The van der Waals surface area contributed by atoms with Crippen molar-refractivity contribution in [2.24, 2.45) is 11.8 Å². The first-order valence-electron chi connectivity index (χ1n) is 12.7. The first-order valence-corrected chi connectivity index (χ1v) is 13.1. The van der Waals surface area contributed by atoms with Gasteiger partial charge < -0.3 is 9.84 Å². The zero-order chi connectivity index (χ0) is 26.2. The third-order valence-corrected chi connectivity index (χ3v) is 7.53. The molecular weight excluding hydrogens is 491 g/mol. The maximum atomic E-state index is 13.3. The van der Waals surface area contributed by atoms with Crippen LogP contribution in [-0.2, 0) is 11.2 Å². The van der Waals surface area contributed by atoms with Gasteiger partial charge in [0.2, 0.25) is 0 Å². The van der Waals surface area contributed by atoms with Crippen LogP contribution in [0.3, 0.4) is 0 Å². The Balaban J connectivity index is 1.36. The number of methoxy groups -OCH3 is 1. The lowest BCUT2D eigenvalue weighted by Gasteiger charge is -2.38. The molecule has 37 heavy (non-hydrogen) atoms. The average molecular weight is 523 g/mol. The van der Waals surface area contributed by atoms with E-state index < -0.39 is 5.97 Å². The Morgan fingerprint density at radius 2 is 2.08 bits per heavy atom. The number of carboxylic acids is 1. The Bertz CT molecular complexity index is 1300. The fourth-order valence-corrected chi connectivity index (χ4v) is 5.45. The Hall–Kier alpha value is -3.14. The summed E-state index contributed by atoms with van der Waals surface area (Å²) in [4.78, 5) is 18.1. The fraction of sp³-hybridized carbons (Fsp3) is 0.400. The van der Waals surface area contributed by atoms with Crippen LogP contribution in [0.15, 0.2) is 48.7 Å². The predicted molar refractivity (Wildman–Crippen MR) is 144 cm³/mol. The molecule has 0 amide bonds. The van der Waals surface area contributed by atoms with Gasteiger partial charge in [-0.2, -0.15) is 0 Å². The summed E-state index contributed by atoms with van der Waals surface area (Å²) in [5.41, 5.74) is 2.84. The molecule has 1 fully saturated rings. The summed E-state index contributed by atoms with van der Waals surface area (Å²) in [5, 5.41) is 10.7. The normalized spacial score (nSPS) is 17.8. The van der Waals surface area contributed by atoms with Crippen molar-refractivity contribution in [3.8, 4) is 17.6 Å². The predicted octanol–water partition coefficient (Wildman–Crippen LogP) is 6.21. The number of piperidine rings is 1. The molecule has 1 aromatic heterocycles. The van der Waals surface area contributed by atoms with Crippen molar-refractivity contribution in [1.82, 2.24) is 9.88 Å². The van der Waals surface area contributed by atoms with Crippen LogP contribution in [0.1, 0.15) is 43.2 Å². The van der Waals surface area contributed by atoms with Crippen LogP contribution < -0.4 is 4.74 Å². The highest BCUT2D eigenvalue weighted by atomic mass is 35.5. The number of hydrogen-bond donors (Lipinski definition) is 1. The molecule has 0 aliphatic carbocycles. The Morgan fingerprint density at radius 3 is 2.86 bits per heavy atom. The maximum Gasteiger partial charge on any atom is 0.303 e. The van der Waals surface area contributed by atoms with Crippen LogP contribution in [0.2, 0.25) is 5.02 Å². The SMILES string of the molecule is COc1ccc2nccc(CCCC3CCN(CC#Cc4ccc(F)cc4Cl)CC3CCC(=O)O)c2c1. The molecule has 0 bridgehead atoms. The van der Waals surface area contributed by atoms with Gasteiger partial charge in [-0.3, -0.25) is 14.7 Å². The van der Waals surface area contributed by atoms with Gasteiger partial charge in [-0.25, -0.2) is 4.39 Å². The summed E-state index contributed by atoms with van der Waals surface area (Å²) >= 11 is 6.08. The summed E-state index contributed by atoms with van der Waals surface area (Å²) in [6.07, 6.45) is 6.77. The summed E-state index contributed by atoms with van der Waals surface area (Å²) in [5.74, 6) is 6.70. The minimum atomic E-state index is -0.751. The van der Waals surface area contributed by atoms with Crippen LogP contribution in [-0.4, -0.2) is 47.7 Å². The molecule has 1 saturated heterocycles. The number of aliphatic carboxylic acids is 1. The fourth-order valence-electron chi connectivity index (χ4n) is 5.23. The minimum Gasteiger partial charge on any atom is -0.497 e. The van der Waals surface area contributed by atoms with Crippen molar-refractivity contribution >= 4 is 28.5 Å². The molecule has 2 unspecified atom stereocenters. The molecule has 3 aromatic rings. The van der Waals surface area contributed by atoms with Gasteiger partial charge in [0.1, 0.15) is 11.6 Å². The highest BCUT2D eigenvalue weighted by Crippen LogP contribution is 2.32. The molecule has 2 aromatic carbocycles. The number of aromatic nitrogens is 1. The zero-order valence-corrected chi connectivity index (χ0v) is 21.8. The van der Waals surface area contributed by atoms with Gasteiger partial charge >= 0.3 is 5.97 Å². The number of carboxylic acid groups (broad SMARTS) is 1. The largest absolute Gasteiger partial charge is 0.497 e. The summed E-state index contributed by atoms with van der Waals surface area (Å²) in [6.45, 7) is 2.34. The second-order valence-corrected chi connectivity index (χ2v) is 10.1. The molecule has 194 valence electrons. The molecule has 2 atom stereocenters. The van der Waals surface area contributed by atoms with Crippen LogP contribution in [0, 0.1) is 29.5 Å². The smallest absolute Gasteiger partial charge is 0.303 e. The van der Waals surface area contributed by atoms with Crippen molar-refractivity contribution in [2.45, 2.75) is 38.5 Å². The van der Waals surface area contributed by atoms with Crippen molar-refractivity contribution in [3.05, 3.63) is 70.6 Å². The molecule has 7 heteroatoms. The van der Waals surface area contributed by atoms with Crippen LogP contribution in [0.25, 0.3) is 10.9 Å². The molecule has 2 heterocycles.